The number of rotatable bonds is 2. The smallest absolute Gasteiger partial charge is 0.253 e. The van der Waals surface area contributed by atoms with Crippen molar-refractivity contribution in [2.45, 2.75) is 12.8 Å². The van der Waals surface area contributed by atoms with E-state index < -0.39 is 0 Å². The molecule has 1 aliphatic heterocycles. The molecule has 1 atom stereocenters. The zero-order valence-corrected chi connectivity index (χ0v) is 14.7. The molecule has 3 nitrogen and oxygen atoms in total. The molecule has 2 aromatic carbocycles. The van der Waals surface area contributed by atoms with E-state index in [0.29, 0.717) is 12.5 Å². The highest BCUT2D eigenvalue weighted by Gasteiger charge is 2.23. The molecule has 1 unspecified atom stereocenters. The molecule has 0 aliphatic carbocycles. The summed E-state index contributed by atoms with van der Waals surface area (Å²) >= 11 is 3.47. The number of amides is 1. The highest BCUT2D eigenvalue weighted by atomic mass is 79.9. The van der Waals surface area contributed by atoms with E-state index in [1.54, 1.807) is 0 Å². The number of carbonyl (C=O) groups is 1. The molecule has 1 aliphatic rings. The molecule has 1 fully saturated rings. The van der Waals surface area contributed by atoms with Crippen LogP contribution >= 0.6 is 28.3 Å². The Hall–Kier alpha value is -1.10. The van der Waals surface area contributed by atoms with Crippen molar-refractivity contribution in [2.24, 2.45) is 11.7 Å². The van der Waals surface area contributed by atoms with Crippen molar-refractivity contribution in [1.82, 2.24) is 4.90 Å². The molecule has 1 saturated heterocycles. The zero-order chi connectivity index (χ0) is 14.8. The van der Waals surface area contributed by atoms with Crippen LogP contribution in [0.4, 0.5) is 0 Å². The van der Waals surface area contributed by atoms with Crippen molar-refractivity contribution in [2.75, 3.05) is 19.6 Å². The fraction of sp³-hybridized carbons (Fsp3) is 0.353. The quantitative estimate of drug-likeness (QED) is 0.856. The van der Waals surface area contributed by atoms with Gasteiger partial charge in [-0.2, -0.15) is 0 Å². The lowest BCUT2D eigenvalue weighted by atomic mass is 9.97. The van der Waals surface area contributed by atoms with Crippen LogP contribution in [0.5, 0.6) is 0 Å². The number of nitrogens with zero attached hydrogens (tertiary/aromatic N) is 1. The minimum Gasteiger partial charge on any atom is -0.338 e. The number of piperidine rings is 1. The van der Waals surface area contributed by atoms with Gasteiger partial charge >= 0.3 is 0 Å². The normalized spacial score (nSPS) is 18.1. The first-order chi connectivity index (χ1) is 10.2. The molecule has 0 saturated carbocycles. The fourth-order valence-electron chi connectivity index (χ4n) is 2.97. The van der Waals surface area contributed by atoms with E-state index >= 15 is 0 Å². The third kappa shape index (κ3) is 3.62. The van der Waals surface area contributed by atoms with Gasteiger partial charge in [-0.05, 0) is 60.3 Å². The van der Waals surface area contributed by atoms with E-state index in [9.17, 15) is 4.79 Å². The summed E-state index contributed by atoms with van der Waals surface area (Å²) in [6.45, 7) is 2.29. The van der Waals surface area contributed by atoms with Crippen LogP contribution in [-0.4, -0.2) is 30.4 Å². The van der Waals surface area contributed by atoms with Crippen molar-refractivity contribution < 1.29 is 4.79 Å². The lowest BCUT2D eigenvalue weighted by Gasteiger charge is -2.32. The maximum Gasteiger partial charge on any atom is 0.253 e. The second kappa shape index (κ2) is 7.44. The van der Waals surface area contributed by atoms with Crippen LogP contribution in [0.25, 0.3) is 10.8 Å². The predicted molar refractivity (Wildman–Crippen MR) is 96.6 cm³/mol. The Kier molecular flexibility index (Phi) is 5.84. The summed E-state index contributed by atoms with van der Waals surface area (Å²) in [5.74, 6) is 0.567. The summed E-state index contributed by atoms with van der Waals surface area (Å²) in [6.07, 6.45) is 2.18. The van der Waals surface area contributed by atoms with Gasteiger partial charge in [0.05, 0.1) is 0 Å². The summed E-state index contributed by atoms with van der Waals surface area (Å²) in [4.78, 5) is 14.6. The molecule has 0 radical (unpaired) electrons. The molecule has 1 amide bonds. The monoisotopic (exact) mass is 382 g/mol. The van der Waals surface area contributed by atoms with Gasteiger partial charge in [0.2, 0.25) is 0 Å². The Morgan fingerprint density at radius 3 is 2.73 bits per heavy atom. The van der Waals surface area contributed by atoms with Crippen LogP contribution in [0.15, 0.2) is 40.9 Å². The number of fused-ring (bicyclic) bond motifs is 1. The standard InChI is InChI=1S/C17H19BrN2O.ClH/c18-16-6-5-13-8-15(4-3-14(13)9-16)17(21)20-7-1-2-12(10-19)11-20;/h3-6,8-9,12H,1-2,7,10-11,19H2;1H. The van der Waals surface area contributed by atoms with Gasteiger partial charge in [-0.25, -0.2) is 0 Å². The van der Waals surface area contributed by atoms with Crippen LogP contribution in [0.1, 0.15) is 23.2 Å². The zero-order valence-electron chi connectivity index (χ0n) is 12.3. The van der Waals surface area contributed by atoms with Crippen LogP contribution < -0.4 is 5.73 Å². The third-order valence-electron chi connectivity index (χ3n) is 4.19. The Balaban J connectivity index is 0.00000176. The third-order valence-corrected chi connectivity index (χ3v) is 4.68. The van der Waals surface area contributed by atoms with E-state index in [0.717, 1.165) is 46.7 Å². The summed E-state index contributed by atoms with van der Waals surface area (Å²) in [5, 5.41) is 2.23. The van der Waals surface area contributed by atoms with E-state index in [2.05, 4.69) is 22.0 Å². The summed E-state index contributed by atoms with van der Waals surface area (Å²) in [5.41, 5.74) is 6.52. The van der Waals surface area contributed by atoms with Gasteiger partial charge in [-0.3, -0.25) is 4.79 Å². The van der Waals surface area contributed by atoms with Crippen molar-refractivity contribution in [3.05, 3.63) is 46.4 Å². The summed E-state index contributed by atoms with van der Waals surface area (Å²) in [7, 11) is 0. The van der Waals surface area contributed by atoms with Gasteiger partial charge in [-0.1, -0.05) is 28.1 Å². The molecule has 0 bridgehead atoms. The van der Waals surface area contributed by atoms with Gasteiger partial charge in [0.15, 0.2) is 0 Å². The van der Waals surface area contributed by atoms with Crippen LogP contribution in [0.2, 0.25) is 0 Å². The molecular formula is C17H20BrClN2O. The van der Waals surface area contributed by atoms with E-state index in [1.165, 1.54) is 0 Å². The minimum atomic E-state index is 0. The number of likely N-dealkylation sites (tertiary alicyclic amines) is 1. The van der Waals surface area contributed by atoms with Crippen molar-refractivity contribution in [1.29, 1.82) is 0 Å². The minimum absolute atomic E-state index is 0. The maximum atomic E-state index is 12.6. The second-order valence-corrected chi connectivity index (χ2v) is 6.62. The van der Waals surface area contributed by atoms with Crippen LogP contribution in [-0.2, 0) is 0 Å². The number of benzene rings is 2. The number of carbonyl (C=O) groups excluding carboxylic acids is 1. The first-order valence-electron chi connectivity index (χ1n) is 7.36. The van der Waals surface area contributed by atoms with Crippen LogP contribution in [0.3, 0.4) is 0 Å². The fourth-order valence-corrected chi connectivity index (χ4v) is 3.35. The van der Waals surface area contributed by atoms with Gasteiger partial charge in [-0.15, -0.1) is 12.4 Å². The second-order valence-electron chi connectivity index (χ2n) is 5.70. The van der Waals surface area contributed by atoms with Crippen molar-refractivity contribution in [3.8, 4) is 0 Å². The molecule has 1 heterocycles. The predicted octanol–water partition coefficient (Wildman–Crippen LogP) is 3.84. The Morgan fingerprint density at radius 1 is 1.23 bits per heavy atom. The van der Waals surface area contributed by atoms with Crippen molar-refractivity contribution >= 4 is 45.0 Å². The Labute approximate surface area is 145 Å². The van der Waals surface area contributed by atoms with Gasteiger partial charge in [0, 0.05) is 23.1 Å². The summed E-state index contributed by atoms with van der Waals surface area (Å²) in [6, 6.07) is 12.0. The Morgan fingerprint density at radius 2 is 1.95 bits per heavy atom. The highest BCUT2D eigenvalue weighted by molar-refractivity contribution is 9.10. The highest BCUT2D eigenvalue weighted by Crippen LogP contribution is 2.23. The lowest BCUT2D eigenvalue weighted by molar-refractivity contribution is 0.0678. The number of nitrogens with two attached hydrogens (primary N) is 1. The van der Waals surface area contributed by atoms with Crippen LogP contribution in [0, 0.1) is 5.92 Å². The lowest BCUT2D eigenvalue weighted by Crippen LogP contribution is -2.42. The van der Waals surface area contributed by atoms with Crippen molar-refractivity contribution in [3.63, 3.8) is 0 Å². The van der Waals surface area contributed by atoms with Gasteiger partial charge in [0.25, 0.3) is 5.91 Å². The Bertz CT molecular complexity index is 677. The molecule has 2 aromatic rings. The SMILES string of the molecule is Cl.NCC1CCCN(C(=O)c2ccc3cc(Br)ccc3c2)C1. The molecule has 3 rings (SSSR count). The molecular weight excluding hydrogens is 364 g/mol. The molecule has 118 valence electrons. The first kappa shape index (κ1) is 17.3. The number of hydrogen-bond acceptors (Lipinski definition) is 2. The van der Waals surface area contributed by atoms with E-state index in [4.69, 9.17) is 5.73 Å². The largest absolute Gasteiger partial charge is 0.338 e. The number of halogens is 2. The molecule has 5 heteroatoms. The molecule has 22 heavy (non-hydrogen) atoms. The first-order valence-corrected chi connectivity index (χ1v) is 8.15. The molecule has 2 N–H and O–H groups in total. The number of hydrogen-bond donors (Lipinski definition) is 1. The van der Waals surface area contributed by atoms with E-state index in [1.807, 2.05) is 35.2 Å². The average molecular weight is 384 g/mol. The van der Waals surface area contributed by atoms with Gasteiger partial charge in [0.1, 0.15) is 0 Å². The average Bonchev–Trinajstić information content (AvgIpc) is 2.53. The molecule has 0 aromatic heterocycles. The summed E-state index contributed by atoms with van der Waals surface area (Å²) < 4.78 is 1.05. The van der Waals surface area contributed by atoms with E-state index in [-0.39, 0.29) is 18.3 Å². The topological polar surface area (TPSA) is 46.3 Å². The molecule has 0 spiro atoms. The maximum absolute atomic E-state index is 12.6. The van der Waals surface area contributed by atoms with Gasteiger partial charge < -0.3 is 10.6 Å².